The summed E-state index contributed by atoms with van der Waals surface area (Å²) in [4.78, 5) is 0. The maximum Gasteiger partial charge on any atom is 0.0573 e. The molecule has 13 heavy (non-hydrogen) atoms. The van der Waals surface area contributed by atoms with Crippen molar-refractivity contribution in [1.29, 1.82) is 0 Å². The Morgan fingerprint density at radius 2 is 1.46 bits per heavy atom. The van der Waals surface area contributed by atoms with E-state index in [0.717, 1.165) is 24.2 Å². The molecule has 0 aromatic heterocycles. The van der Waals surface area contributed by atoms with Crippen LogP contribution >= 0.6 is 0 Å². The van der Waals surface area contributed by atoms with Gasteiger partial charge in [-0.25, -0.2) is 0 Å². The molecule has 5 atom stereocenters. The highest BCUT2D eigenvalue weighted by molar-refractivity contribution is 4.97. The van der Waals surface area contributed by atoms with Crippen LogP contribution in [0.25, 0.3) is 0 Å². The van der Waals surface area contributed by atoms with Crippen LogP contribution in [0, 0.1) is 23.7 Å². The Morgan fingerprint density at radius 3 is 2.38 bits per heavy atom. The Balaban J connectivity index is 1.84. The maximum absolute atomic E-state index is 10.0. The van der Waals surface area contributed by atoms with Gasteiger partial charge in [-0.3, -0.25) is 0 Å². The second kappa shape index (κ2) is 2.98. The fourth-order valence-corrected chi connectivity index (χ4v) is 4.43. The number of aliphatic hydroxyl groups is 1. The summed E-state index contributed by atoms with van der Waals surface area (Å²) < 4.78 is 0. The van der Waals surface area contributed by atoms with E-state index in [1.807, 2.05) is 0 Å². The van der Waals surface area contributed by atoms with E-state index in [4.69, 9.17) is 0 Å². The molecule has 0 spiro atoms. The van der Waals surface area contributed by atoms with Crippen LogP contribution in [0.5, 0.6) is 0 Å². The lowest BCUT2D eigenvalue weighted by Gasteiger charge is -2.39. The standard InChI is InChI=1S/C12H20O/c13-12-7-8-3-1-4-9(8)10-5-2-6-11(10)12/h8-13H,1-7H2/t8-,9+,10+,11-,12-/m1/s1. The smallest absolute Gasteiger partial charge is 0.0573 e. The minimum absolute atomic E-state index is 0.0619. The lowest BCUT2D eigenvalue weighted by Crippen LogP contribution is -2.38. The summed E-state index contributed by atoms with van der Waals surface area (Å²) >= 11 is 0. The summed E-state index contributed by atoms with van der Waals surface area (Å²) in [5.74, 6) is 3.51. The lowest BCUT2D eigenvalue weighted by molar-refractivity contribution is -0.00595. The summed E-state index contributed by atoms with van der Waals surface area (Å²) in [6, 6.07) is 0. The van der Waals surface area contributed by atoms with Crippen molar-refractivity contribution < 1.29 is 5.11 Å². The molecule has 0 saturated heterocycles. The number of aliphatic hydroxyl groups excluding tert-OH is 1. The van der Waals surface area contributed by atoms with Crippen LogP contribution in [-0.2, 0) is 0 Å². The predicted molar refractivity (Wildman–Crippen MR) is 52.3 cm³/mol. The van der Waals surface area contributed by atoms with Gasteiger partial charge in [-0.15, -0.1) is 0 Å². The van der Waals surface area contributed by atoms with Gasteiger partial charge in [-0.2, -0.15) is 0 Å². The zero-order valence-corrected chi connectivity index (χ0v) is 8.28. The average Bonchev–Trinajstić information content (AvgIpc) is 2.66. The van der Waals surface area contributed by atoms with Gasteiger partial charge in [-0.1, -0.05) is 19.3 Å². The second-order valence-corrected chi connectivity index (χ2v) is 5.42. The molecule has 0 radical (unpaired) electrons. The number of rotatable bonds is 0. The fraction of sp³-hybridized carbons (Fsp3) is 1.00. The summed E-state index contributed by atoms with van der Waals surface area (Å²) in [7, 11) is 0. The van der Waals surface area contributed by atoms with E-state index in [-0.39, 0.29) is 6.10 Å². The molecule has 3 aliphatic rings. The zero-order chi connectivity index (χ0) is 8.84. The molecule has 3 rings (SSSR count). The molecule has 0 heterocycles. The van der Waals surface area contributed by atoms with Gasteiger partial charge < -0.3 is 5.11 Å². The summed E-state index contributed by atoms with van der Waals surface area (Å²) in [6.07, 6.45) is 9.63. The number of fused-ring (bicyclic) bond motifs is 3. The molecule has 1 nitrogen and oxygen atoms in total. The van der Waals surface area contributed by atoms with Crippen LogP contribution in [-0.4, -0.2) is 11.2 Å². The van der Waals surface area contributed by atoms with Crippen molar-refractivity contribution in [2.24, 2.45) is 23.7 Å². The van der Waals surface area contributed by atoms with Crippen molar-refractivity contribution in [1.82, 2.24) is 0 Å². The van der Waals surface area contributed by atoms with Gasteiger partial charge in [-0.05, 0) is 49.4 Å². The van der Waals surface area contributed by atoms with Gasteiger partial charge in [0.1, 0.15) is 0 Å². The minimum Gasteiger partial charge on any atom is -0.393 e. The summed E-state index contributed by atoms with van der Waals surface area (Å²) in [5.41, 5.74) is 0. The molecule has 0 aromatic rings. The molecule has 0 aromatic carbocycles. The molecule has 0 unspecified atom stereocenters. The molecule has 3 saturated carbocycles. The van der Waals surface area contributed by atoms with E-state index < -0.39 is 0 Å². The van der Waals surface area contributed by atoms with Crippen LogP contribution in [0.15, 0.2) is 0 Å². The van der Waals surface area contributed by atoms with Crippen molar-refractivity contribution in [2.45, 2.75) is 51.0 Å². The minimum atomic E-state index is 0.0619. The van der Waals surface area contributed by atoms with E-state index in [1.54, 1.807) is 0 Å². The van der Waals surface area contributed by atoms with Gasteiger partial charge in [0.25, 0.3) is 0 Å². The van der Waals surface area contributed by atoms with Gasteiger partial charge in [0.2, 0.25) is 0 Å². The summed E-state index contributed by atoms with van der Waals surface area (Å²) in [5, 5.41) is 10.0. The molecular formula is C12H20O. The van der Waals surface area contributed by atoms with E-state index in [0.29, 0.717) is 5.92 Å². The largest absolute Gasteiger partial charge is 0.393 e. The van der Waals surface area contributed by atoms with Crippen molar-refractivity contribution in [3.63, 3.8) is 0 Å². The first kappa shape index (κ1) is 8.28. The van der Waals surface area contributed by atoms with Gasteiger partial charge in [0.15, 0.2) is 0 Å². The van der Waals surface area contributed by atoms with Gasteiger partial charge in [0, 0.05) is 0 Å². The maximum atomic E-state index is 10.0. The Morgan fingerprint density at radius 1 is 0.769 bits per heavy atom. The SMILES string of the molecule is O[C@@H]1C[C@H]2CCC[C@@H]2[C@@H]2CCC[C@H]21. The molecule has 1 heteroatoms. The van der Waals surface area contributed by atoms with Crippen LogP contribution < -0.4 is 0 Å². The lowest BCUT2D eigenvalue weighted by atomic mass is 9.68. The third-order valence-electron chi connectivity index (χ3n) is 4.93. The first-order valence-corrected chi connectivity index (χ1v) is 6.04. The highest BCUT2D eigenvalue weighted by atomic mass is 16.3. The highest BCUT2D eigenvalue weighted by Crippen LogP contribution is 2.53. The average molecular weight is 180 g/mol. The second-order valence-electron chi connectivity index (χ2n) is 5.42. The van der Waals surface area contributed by atoms with Crippen molar-refractivity contribution in [2.75, 3.05) is 0 Å². The highest BCUT2D eigenvalue weighted by Gasteiger charge is 2.47. The molecule has 0 bridgehead atoms. The number of hydrogen-bond acceptors (Lipinski definition) is 1. The third-order valence-corrected chi connectivity index (χ3v) is 4.93. The monoisotopic (exact) mass is 180 g/mol. The predicted octanol–water partition coefficient (Wildman–Crippen LogP) is 2.58. The summed E-state index contributed by atoms with van der Waals surface area (Å²) in [6.45, 7) is 0. The normalized spacial score (nSPS) is 54.7. The molecule has 74 valence electrons. The fourth-order valence-electron chi connectivity index (χ4n) is 4.43. The van der Waals surface area contributed by atoms with Crippen LogP contribution in [0.4, 0.5) is 0 Å². The number of hydrogen-bond donors (Lipinski definition) is 1. The van der Waals surface area contributed by atoms with E-state index >= 15 is 0 Å². The third kappa shape index (κ3) is 1.16. The molecule has 3 fully saturated rings. The Kier molecular flexibility index (Phi) is 1.90. The molecular weight excluding hydrogens is 160 g/mol. The Hall–Kier alpha value is -0.0400. The van der Waals surface area contributed by atoms with Crippen LogP contribution in [0.2, 0.25) is 0 Å². The van der Waals surface area contributed by atoms with E-state index in [9.17, 15) is 5.11 Å². The van der Waals surface area contributed by atoms with Crippen molar-refractivity contribution >= 4 is 0 Å². The van der Waals surface area contributed by atoms with E-state index in [1.165, 1.54) is 38.5 Å². The van der Waals surface area contributed by atoms with Gasteiger partial charge >= 0.3 is 0 Å². The first-order valence-electron chi connectivity index (χ1n) is 6.04. The van der Waals surface area contributed by atoms with E-state index in [2.05, 4.69) is 0 Å². The molecule has 0 aliphatic heterocycles. The van der Waals surface area contributed by atoms with Gasteiger partial charge in [0.05, 0.1) is 6.10 Å². The topological polar surface area (TPSA) is 20.2 Å². The van der Waals surface area contributed by atoms with Crippen LogP contribution in [0.3, 0.4) is 0 Å². The molecule has 1 N–H and O–H groups in total. The molecule has 3 aliphatic carbocycles. The zero-order valence-electron chi connectivity index (χ0n) is 8.28. The Labute approximate surface area is 80.5 Å². The Bertz CT molecular complexity index is 201. The van der Waals surface area contributed by atoms with Crippen molar-refractivity contribution in [3.8, 4) is 0 Å². The molecule has 0 amide bonds. The van der Waals surface area contributed by atoms with Crippen LogP contribution in [0.1, 0.15) is 44.9 Å². The quantitative estimate of drug-likeness (QED) is 0.607. The first-order chi connectivity index (χ1) is 6.36. The van der Waals surface area contributed by atoms with Crippen molar-refractivity contribution in [3.05, 3.63) is 0 Å².